The Morgan fingerprint density at radius 3 is 2.80 bits per heavy atom. The molecule has 1 fully saturated rings. The van der Waals surface area contributed by atoms with E-state index in [2.05, 4.69) is 18.7 Å². The van der Waals surface area contributed by atoms with E-state index in [4.69, 9.17) is 0 Å². The number of hydrogen-bond donors (Lipinski definition) is 1. The molecular formula is C11H21NO2S. The Kier molecular flexibility index (Phi) is 4.93. The van der Waals surface area contributed by atoms with Crippen molar-refractivity contribution in [1.29, 1.82) is 0 Å². The molecule has 0 amide bonds. The number of carboxylic acids is 1. The average Bonchev–Trinajstić information content (AvgIpc) is 2.19. The number of carbonyl (C=O) groups is 1. The van der Waals surface area contributed by atoms with Crippen molar-refractivity contribution < 1.29 is 9.90 Å². The molecule has 1 aliphatic rings. The maximum absolute atomic E-state index is 11.2. The summed E-state index contributed by atoms with van der Waals surface area (Å²) in [4.78, 5) is 13.4. The van der Waals surface area contributed by atoms with Gasteiger partial charge in [0.2, 0.25) is 0 Å². The fraction of sp³-hybridized carbons (Fsp3) is 0.909. The quantitative estimate of drug-likeness (QED) is 0.804. The van der Waals surface area contributed by atoms with Crippen molar-refractivity contribution in [2.75, 3.05) is 12.3 Å². The van der Waals surface area contributed by atoms with Gasteiger partial charge in [0.05, 0.1) is 0 Å². The van der Waals surface area contributed by atoms with Gasteiger partial charge in [0.15, 0.2) is 0 Å². The lowest BCUT2D eigenvalue weighted by atomic mass is 10.1. The van der Waals surface area contributed by atoms with Crippen molar-refractivity contribution in [2.24, 2.45) is 0 Å². The molecule has 1 rings (SSSR count). The van der Waals surface area contributed by atoms with Crippen LogP contribution in [0.15, 0.2) is 0 Å². The van der Waals surface area contributed by atoms with Crippen LogP contribution >= 0.6 is 11.8 Å². The van der Waals surface area contributed by atoms with E-state index in [1.54, 1.807) is 0 Å². The van der Waals surface area contributed by atoms with Gasteiger partial charge in [-0.05, 0) is 13.3 Å². The summed E-state index contributed by atoms with van der Waals surface area (Å²) >= 11 is 1.94. The summed E-state index contributed by atoms with van der Waals surface area (Å²) in [6.45, 7) is 7.28. The summed E-state index contributed by atoms with van der Waals surface area (Å²) in [6, 6.07) is 0.0877. The Balaban J connectivity index is 2.68. The molecule has 0 aromatic carbocycles. The minimum Gasteiger partial charge on any atom is -0.480 e. The largest absolute Gasteiger partial charge is 0.480 e. The Labute approximate surface area is 96.2 Å². The number of nitrogens with zero attached hydrogens (tertiary/aromatic N) is 1. The summed E-state index contributed by atoms with van der Waals surface area (Å²) in [5.74, 6) is 0.390. The van der Waals surface area contributed by atoms with Gasteiger partial charge in [-0.25, -0.2) is 0 Å². The molecule has 0 spiro atoms. The highest BCUT2D eigenvalue weighted by molar-refractivity contribution is 8.00. The first-order valence-electron chi connectivity index (χ1n) is 5.68. The zero-order chi connectivity index (χ0) is 11.4. The number of thioether (sulfide) groups is 1. The molecule has 1 saturated heterocycles. The summed E-state index contributed by atoms with van der Waals surface area (Å²) in [5.41, 5.74) is 0. The predicted molar refractivity (Wildman–Crippen MR) is 64.4 cm³/mol. The highest BCUT2D eigenvalue weighted by Gasteiger charge is 2.33. The second-order valence-corrected chi connectivity index (χ2v) is 5.68. The van der Waals surface area contributed by atoms with Crippen LogP contribution in [0.4, 0.5) is 0 Å². The van der Waals surface area contributed by atoms with Gasteiger partial charge >= 0.3 is 5.97 Å². The fourth-order valence-corrected chi connectivity index (χ4v) is 3.22. The van der Waals surface area contributed by atoms with Gasteiger partial charge < -0.3 is 5.11 Å². The first-order chi connectivity index (χ1) is 7.07. The molecule has 0 aromatic rings. The van der Waals surface area contributed by atoms with Crippen molar-refractivity contribution in [2.45, 2.75) is 50.9 Å². The molecule has 0 radical (unpaired) electrons. The smallest absolute Gasteiger partial charge is 0.320 e. The van der Waals surface area contributed by atoms with E-state index in [1.165, 1.54) is 0 Å². The SMILES string of the molecule is CCCC(C(=O)O)N1CCSC(C)C1C. The van der Waals surface area contributed by atoms with Crippen LogP contribution in [0.5, 0.6) is 0 Å². The minimum absolute atomic E-state index is 0.284. The molecule has 1 aliphatic heterocycles. The van der Waals surface area contributed by atoms with E-state index in [0.717, 1.165) is 25.1 Å². The highest BCUT2D eigenvalue weighted by atomic mass is 32.2. The molecule has 0 saturated carbocycles. The van der Waals surface area contributed by atoms with Crippen molar-refractivity contribution in [3.05, 3.63) is 0 Å². The molecule has 1 heterocycles. The molecular weight excluding hydrogens is 210 g/mol. The van der Waals surface area contributed by atoms with E-state index in [1.807, 2.05) is 18.7 Å². The lowest BCUT2D eigenvalue weighted by Crippen LogP contribution is -2.52. The van der Waals surface area contributed by atoms with Crippen LogP contribution < -0.4 is 0 Å². The summed E-state index contributed by atoms with van der Waals surface area (Å²) in [7, 11) is 0. The van der Waals surface area contributed by atoms with Crippen LogP contribution in [0, 0.1) is 0 Å². The topological polar surface area (TPSA) is 40.5 Å². The van der Waals surface area contributed by atoms with E-state index in [-0.39, 0.29) is 6.04 Å². The van der Waals surface area contributed by atoms with Crippen molar-refractivity contribution >= 4 is 17.7 Å². The third-order valence-electron chi connectivity index (χ3n) is 3.18. The zero-order valence-electron chi connectivity index (χ0n) is 9.77. The fourth-order valence-electron chi connectivity index (χ4n) is 2.10. The van der Waals surface area contributed by atoms with Crippen LogP contribution in [0.25, 0.3) is 0 Å². The molecule has 3 atom stereocenters. The number of carboxylic acid groups (broad SMARTS) is 1. The third kappa shape index (κ3) is 3.11. The zero-order valence-corrected chi connectivity index (χ0v) is 10.6. The van der Waals surface area contributed by atoms with Crippen molar-refractivity contribution in [3.8, 4) is 0 Å². The summed E-state index contributed by atoms with van der Waals surface area (Å²) < 4.78 is 0. The molecule has 3 unspecified atom stereocenters. The lowest BCUT2D eigenvalue weighted by Gasteiger charge is -2.40. The van der Waals surface area contributed by atoms with Crippen LogP contribution in [0.1, 0.15) is 33.6 Å². The van der Waals surface area contributed by atoms with Gasteiger partial charge in [-0.2, -0.15) is 11.8 Å². The van der Waals surface area contributed by atoms with Crippen LogP contribution in [0.3, 0.4) is 0 Å². The number of rotatable bonds is 4. The Morgan fingerprint density at radius 1 is 1.60 bits per heavy atom. The monoisotopic (exact) mass is 231 g/mol. The molecule has 0 bridgehead atoms. The van der Waals surface area contributed by atoms with Crippen molar-refractivity contribution in [3.63, 3.8) is 0 Å². The Morgan fingerprint density at radius 2 is 2.27 bits per heavy atom. The molecule has 0 aliphatic carbocycles. The maximum Gasteiger partial charge on any atom is 0.320 e. The van der Waals surface area contributed by atoms with E-state index in [9.17, 15) is 9.90 Å². The molecule has 0 aromatic heterocycles. The first kappa shape index (κ1) is 12.8. The van der Waals surface area contributed by atoms with Gasteiger partial charge in [-0.15, -0.1) is 0 Å². The minimum atomic E-state index is -0.664. The van der Waals surface area contributed by atoms with Crippen LogP contribution in [0.2, 0.25) is 0 Å². The standard InChI is InChI=1S/C11H21NO2S/c1-4-5-10(11(13)14)12-6-7-15-9(3)8(12)2/h8-10H,4-7H2,1-3H3,(H,13,14). The van der Waals surface area contributed by atoms with Gasteiger partial charge in [-0.3, -0.25) is 9.69 Å². The molecule has 4 heteroatoms. The molecule has 1 N–H and O–H groups in total. The van der Waals surface area contributed by atoms with Gasteiger partial charge in [0.1, 0.15) is 6.04 Å². The molecule has 88 valence electrons. The lowest BCUT2D eigenvalue weighted by molar-refractivity contribution is -0.144. The highest BCUT2D eigenvalue weighted by Crippen LogP contribution is 2.27. The summed E-state index contributed by atoms with van der Waals surface area (Å²) in [5, 5.41) is 9.75. The van der Waals surface area contributed by atoms with Crippen LogP contribution in [-0.2, 0) is 4.79 Å². The third-order valence-corrected chi connectivity index (χ3v) is 4.52. The van der Waals surface area contributed by atoms with E-state index in [0.29, 0.717) is 11.3 Å². The number of hydrogen-bond acceptors (Lipinski definition) is 3. The Hall–Kier alpha value is -0.220. The van der Waals surface area contributed by atoms with E-state index >= 15 is 0 Å². The second-order valence-electron chi connectivity index (χ2n) is 4.20. The maximum atomic E-state index is 11.2. The van der Waals surface area contributed by atoms with E-state index < -0.39 is 5.97 Å². The van der Waals surface area contributed by atoms with Gasteiger partial charge in [0, 0.05) is 23.6 Å². The predicted octanol–water partition coefficient (Wildman–Crippen LogP) is 2.07. The Bertz CT molecular complexity index is 223. The average molecular weight is 231 g/mol. The normalized spacial score (nSPS) is 30.1. The molecule has 3 nitrogen and oxygen atoms in total. The van der Waals surface area contributed by atoms with Gasteiger partial charge in [0.25, 0.3) is 0 Å². The second kappa shape index (κ2) is 5.75. The summed E-state index contributed by atoms with van der Waals surface area (Å²) in [6.07, 6.45) is 1.69. The number of aliphatic carboxylic acids is 1. The first-order valence-corrected chi connectivity index (χ1v) is 6.73. The van der Waals surface area contributed by atoms with Crippen LogP contribution in [-0.4, -0.2) is 45.6 Å². The van der Waals surface area contributed by atoms with Crippen molar-refractivity contribution in [1.82, 2.24) is 4.90 Å². The molecule has 15 heavy (non-hydrogen) atoms. The van der Waals surface area contributed by atoms with Gasteiger partial charge in [-0.1, -0.05) is 20.3 Å².